The standard InChI is InChI=1S/C12H10N2O4/c1-17-8-2-3-10(9(6-8)12(15)16)18-11-4-5-13-7-14-11/h2-7H,1H3,(H,15,16). The lowest BCUT2D eigenvalue weighted by Gasteiger charge is -2.08. The minimum atomic E-state index is -1.10. The highest BCUT2D eigenvalue weighted by Crippen LogP contribution is 2.27. The van der Waals surface area contributed by atoms with Gasteiger partial charge in [0.25, 0.3) is 0 Å². The molecule has 0 fully saturated rings. The molecule has 6 nitrogen and oxygen atoms in total. The summed E-state index contributed by atoms with van der Waals surface area (Å²) in [6.07, 6.45) is 2.82. The monoisotopic (exact) mass is 246 g/mol. The van der Waals surface area contributed by atoms with E-state index in [0.29, 0.717) is 5.75 Å². The Morgan fingerprint density at radius 2 is 2.17 bits per heavy atom. The molecule has 1 N–H and O–H groups in total. The maximum Gasteiger partial charge on any atom is 0.339 e. The van der Waals surface area contributed by atoms with Crippen molar-refractivity contribution in [1.82, 2.24) is 9.97 Å². The van der Waals surface area contributed by atoms with Crippen molar-refractivity contribution in [3.63, 3.8) is 0 Å². The van der Waals surface area contributed by atoms with E-state index in [1.165, 1.54) is 37.8 Å². The van der Waals surface area contributed by atoms with Gasteiger partial charge in [-0.2, -0.15) is 0 Å². The fraction of sp³-hybridized carbons (Fsp3) is 0.0833. The van der Waals surface area contributed by atoms with Gasteiger partial charge in [-0.3, -0.25) is 0 Å². The molecule has 92 valence electrons. The van der Waals surface area contributed by atoms with Gasteiger partial charge in [-0.25, -0.2) is 14.8 Å². The zero-order valence-corrected chi connectivity index (χ0v) is 9.53. The summed E-state index contributed by atoms with van der Waals surface area (Å²) < 4.78 is 10.3. The van der Waals surface area contributed by atoms with Gasteiger partial charge in [-0.15, -0.1) is 0 Å². The number of aromatic nitrogens is 2. The average molecular weight is 246 g/mol. The Morgan fingerprint density at radius 3 is 2.78 bits per heavy atom. The molecule has 0 saturated carbocycles. The molecule has 0 radical (unpaired) electrons. The Morgan fingerprint density at radius 1 is 1.33 bits per heavy atom. The van der Waals surface area contributed by atoms with E-state index in [0.717, 1.165) is 0 Å². The van der Waals surface area contributed by atoms with Crippen molar-refractivity contribution in [3.05, 3.63) is 42.4 Å². The second kappa shape index (κ2) is 5.13. The third-order valence-electron chi connectivity index (χ3n) is 2.19. The first-order valence-corrected chi connectivity index (χ1v) is 5.06. The molecule has 0 unspecified atom stereocenters. The molecule has 0 amide bonds. The van der Waals surface area contributed by atoms with Crippen molar-refractivity contribution in [2.24, 2.45) is 0 Å². The van der Waals surface area contributed by atoms with E-state index in [-0.39, 0.29) is 17.2 Å². The number of carbonyl (C=O) groups is 1. The Balaban J connectivity index is 2.35. The molecular formula is C12H10N2O4. The summed E-state index contributed by atoms with van der Waals surface area (Å²) in [7, 11) is 1.46. The smallest absolute Gasteiger partial charge is 0.339 e. The molecular weight excluding hydrogens is 236 g/mol. The van der Waals surface area contributed by atoms with Crippen molar-refractivity contribution in [3.8, 4) is 17.4 Å². The molecule has 1 heterocycles. The number of carboxylic acid groups (broad SMARTS) is 1. The number of methoxy groups -OCH3 is 1. The summed E-state index contributed by atoms with van der Waals surface area (Å²) in [4.78, 5) is 18.7. The van der Waals surface area contributed by atoms with E-state index in [1.54, 1.807) is 6.07 Å². The maximum absolute atomic E-state index is 11.1. The van der Waals surface area contributed by atoms with Crippen LogP contribution >= 0.6 is 0 Å². The Bertz CT molecular complexity index is 557. The number of rotatable bonds is 4. The average Bonchev–Trinajstić information content (AvgIpc) is 2.40. The molecule has 0 bridgehead atoms. The highest BCUT2D eigenvalue weighted by Gasteiger charge is 2.13. The van der Waals surface area contributed by atoms with Gasteiger partial charge in [0.1, 0.15) is 23.4 Å². The van der Waals surface area contributed by atoms with E-state index >= 15 is 0 Å². The van der Waals surface area contributed by atoms with Crippen LogP contribution in [-0.4, -0.2) is 28.2 Å². The van der Waals surface area contributed by atoms with Crippen LogP contribution in [0.4, 0.5) is 0 Å². The number of ether oxygens (including phenoxy) is 2. The van der Waals surface area contributed by atoms with Crippen LogP contribution < -0.4 is 9.47 Å². The Kier molecular flexibility index (Phi) is 3.38. The van der Waals surface area contributed by atoms with Crippen molar-refractivity contribution < 1.29 is 19.4 Å². The fourth-order valence-corrected chi connectivity index (χ4v) is 1.34. The van der Waals surface area contributed by atoms with E-state index in [9.17, 15) is 4.79 Å². The number of hydrogen-bond acceptors (Lipinski definition) is 5. The predicted octanol–water partition coefficient (Wildman–Crippen LogP) is 1.98. The van der Waals surface area contributed by atoms with Crippen molar-refractivity contribution in [1.29, 1.82) is 0 Å². The quantitative estimate of drug-likeness (QED) is 0.888. The third-order valence-corrected chi connectivity index (χ3v) is 2.19. The minimum Gasteiger partial charge on any atom is -0.497 e. The number of aromatic carboxylic acids is 1. The summed E-state index contributed by atoms with van der Waals surface area (Å²) in [6, 6.07) is 6.06. The van der Waals surface area contributed by atoms with Crippen LogP contribution in [0.15, 0.2) is 36.8 Å². The molecule has 6 heteroatoms. The summed E-state index contributed by atoms with van der Waals surface area (Å²) in [5.41, 5.74) is 0.00737. The Labute approximate surface area is 103 Å². The number of carboxylic acids is 1. The first-order valence-electron chi connectivity index (χ1n) is 5.06. The summed E-state index contributed by atoms with van der Waals surface area (Å²) in [5.74, 6) is -0.180. The second-order valence-electron chi connectivity index (χ2n) is 3.32. The molecule has 0 atom stereocenters. The van der Waals surface area contributed by atoms with Crippen LogP contribution in [0.3, 0.4) is 0 Å². The number of nitrogens with zero attached hydrogens (tertiary/aromatic N) is 2. The van der Waals surface area contributed by atoms with Gasteiger partial charge in [0.05, 0.1) is 7.11 Å². The molecule has 0 saturated heterocycles. The fourth-order valence-electron chi connectivity index (χ4n) is 1.34. The highest BCUT2D eigenvalue weighted by molar-refractivity contribution is 5.91. The lowest BCUT2D eigenvalue weighted by molar-refractivity contribution is 0.0693. The van der Waals surface area contributed by atoms with E-state index in [2.05, 4.69) is 9.97 Å². The van der Waals surface area contributed by atoms with Gasteiger partial charge in [-0.1, -0.05) is 0 Å². The van der Waals surface area contributed by atoms with Crippen LogP contribution in [0.25, 0.3) is 0 Å². The Hall–Kier alpha value is -2.63. The summed E-state index contributed by atoms with van der Waals surface area (Å²) in [5, 5.41) is 9.10. The third kappa shape index (κ3) is 2.54. The highest BCUT2D eigenvalue weighted by atomic mass is 16.5. The van der Waals surface area contributed by atoms with E-state index in [1.807, 2.05) is 0 Å². The predicted molar refractivity (Wildman–Crippen MR) is 62.1 cm³/mol. The topological polar surface area (TPSA) is 81.5 Å². The summed E-state index contributed by atoms with van der Waals surface area (Å²) in [6.45, 7) is 0. The second-order valence-corrected chi connectivity index (χ2v) is 3.32. The van der Waals surface area contributed by atoms with Gasteiger partial charge < -0.3 is 14.6 Å². The minimum absolute atomic E-state index is 0.00737. The maximum atomic E-state index is 11.1. The molecule has 2 aromatic rings. The molecule has 1 aromatic carbocycles. The van der Waals surface area contributed by atoms with Gasteiger partial charge in [-0.05, 0) is 18.2 Å². The first-order chi connectivity index (χ1) is 8.70. The molecule has 2 rings (SSSR count). The van der Waals surface area contributed by atoms with Crippen LogP contribution in [0, 0.1) is 0 Å². The van der Waals surface area contributed by atoms with E-state index in [4.69, 9.17) is 14.6 Å². The zero-order chi connectivity index (χ0) is 13.0. The van der Waals surface area contributed by atoms with Crippen LogP contribution in [0.1, 0.15) is 10.4 Å². The summed E-state index contributed by atoms with van der Waals surface area (Å²) >= 11 is 0. The van der Waals surface area contributed by atoms with Gasteiger partial charge in [0.2, 0.25) is 5.88 Å². The number of benzene rings is 1. The SMILES string of the molecule is COc1ccc(Oc2ccncn2)c(C(=O)O)c1. The zero-order valence-electron chi connectivity index (χ0n) is 9.53. The largest absolute Gasteiger partial charge is 0.497 e. The lowest BCUT2D eigenvalue weighted by Crippen LogP contribution is -2.01. The molecule has 1 aromatic heterocycles. The first kappa shape index (κ1) is 11.8. The van der Waals surface area contributed by atoms with Crippen LogP contribution in [0.2, 0.25) is 0 Å². The molecule has 0 aliphatic rings. The molecule has 0 aliphatic carbocycles. The van der Waals surface area contributed by atoms with Crippen molar-refractivity contribution in [2.45, 2.75) is 0 Å². The molecule has 0 aliphatic heterocycles. The molecule has 0 spiro atoms. The van der Waals surface area contributed by atoms with Crippen molar-refractivity contribution >= 4 is 5.97 Å². The van der Waals surface area contributed by atoms with Crippen molar-refractivity contribution in [2.75, 3.05) is 7.11 Å². The van der Waals surface area contributed by atoms with Gasteiger partial charge in [0, 0.05) is 12.3 Å². The van der Waals surface area contributed by atoms with Gasteiger partial charge >= 0.3 is 5.97 Å². The van der Waals surface area contributed by atoms with Crippen LogP contribution in [-0.2, 0) is 0 Å². The van der Waals surface area contributed by atoms with Crippen LogP contribution in [0.5, 0.6) is 17.4 Å². The van der Waals surface area contributed by atoms with Gasteiger partial charge in [0.15, 0.2) is 0 Å². The molecule has 18 heavy (non-hydrogen) atoms. The number of hydrogen-bond donors (Lipinski definition) is 1. The lowest BCUT2D eigenvalue weighted by atomic mass is 10.2. The normalized spacial score (nSPS) is 9.83. The van der Waals surface area contributed by atoms with E-state index < -0.39 is 5.97 Å².